The summed E-state index contributed by atoms with van der Waals surface area (Å²) < 4.78 is 27.1. The largest absolute Gasteiger partial charge is 0.384 e. The number of nitrogens with two attached hydrogens (primary N) is 1. The SMILES string of the molecule is CCc1ncc(S(=O)(=O)Nc2cccc(C)c2C(=N)N)[nH]1. The molecule has 0 saturated heterocycles. The number of hydrogen-bond donors (Lipinski definition) is 4. The molecule has 0 aliphatic carbocycles. The zero-order chi connectivity index (χ0) is 15.6. The van der Waals surface area contributed by atoms with Crippen molar-refractivity contribution in [1.82, 2.24) is 9.97 Å². The van der Waals surface area contributed by atoms with Crippen LogP contribution >= 0.6 is 0 Å². The van der Waals surface area contributed by atoms with E-state index < -0.39 is 10.0 Å². The minimum absolute atomic E-state index is 0.0182. The van der Waals surface area contributed by atoms with Gasteiger partial charge in [-0.3, -0.25) is 10.1 Å². The lowest BCUT2D eigenvalue weighted by Gasteiger charge is -2.13. The summed E-state index contributed by atoms with van der Waals surface area (Å²) in [4.78, 5) is 6.72. The predicted molar refractivity (Wildman–Crippen MR) is 81.0 cm³/mol. The van der Waals surface area contributed by atoms with Crippen LogP contribution in [0, 0.1) is 12.3 Å². The van der Waals surface area contributed by atoms with E-state index in [-0.39, 0.29) is 16.5 Å². The van der Waals surface area contributed by atoms with Gasteiger partial charge in [0.2, 0.25) is 0 Å². The molecule has 8 heteroatoms. The number of nitrogen functional groups attached to an aromatic ring is 1. The number of aryl methyl sites for hydroxylation is 2. The minimum Gasteiger partial charge on any atom is -0.384 e. The number of aromatic nitrogens is 2. The van der Waals surface area contributed by atoms with E-state index in [4.69, 9.17) is 11.1 Å². The maximum absolute atomic E-state index is 12.3. The van der Waals surface area contributed by atoms with Crippen LogP contribution in [0.5, 0.6) is 0 Å². The molecule has 0 aliphatic heterocycles. The number of rotatable bonds is 5. The van der Waals surface area contributed by atoms with Gasteiger partial charge >= 0.3 is 0 Å². The van der Waals surface area contributed by atoms with Gasteiger partial charge in [-0.25, -0.2) is 4.98 Å². The summed E-state index contributed by atoms with van der Waals surface area (Å²) in [6, 6.07) is 5.03. The maximum atomic E-state index is 12.3. The van der Waals surface area contributed by atoms with Crippen LogP contribution in [-0.2, 0) is 16.4 Å². The number of nitrogens with zero attached hydrogens (tertiary/aromatic N) is 1. The molecule has 5 N–H and O–H groups in total. The number of nitrogens with one attached hydrogen (secondary N) is 3. The van der Waals surface area contributed by atoms with E-state index in [1.807, 2.05) is 6.92 Å². The number of hydrogen-bond acceptors (Lipinski definition) is 4. The molecule has 2 aromatic rings. The Kier molecular flexibility index (Phi) is 3.99. The molecule has 0 aliphatic rings. The van der Waals surface area contributed by atoms with Gasteiger partial charge in [-0.15, -0.1) is 0 Å². The van der Waals surface area contributed by atoms with Crippen molar-refractivity contribution in [2.45, 2.75) is 25.3 Å². The van der Waals surface area contributed by atoms with Gasteiger partial charge in [0.15, 0.2) is 5.03 Å². The van der Waals surface area contributed by atoms with Crippen LogP contribution in [0.4, 0.5) is 5.69 Å². The lowest BCUT2D eigenvalue weighted by molar-refractivity contribution is 0.598. The predicted octanol–water partition coefficient (Wildman–Crippen LogP) is 1.37. The highest BCUT2D eigenvalue weighted by molar-refractivity contribution is 7.92. The molecule has 0 saturated carbocycles. The highest BCUT2D eigenvalue weighted by Gasteiger charge is 2.20. The Labute approximate surface area is 123 Å². The fraction of sp³-hybridized carbons (Fsp3) is 0.231. The Morgan fingerprint density at radius 3 is 2.76 bits per heavy atom. The molecule has 7 nitrogen and oxygen atoms in total. The maximum Gasteiger partial charge on any atom is 0.279 e. The summed E-state index contributed by atoms with van der Waals surface area (Å²) in [7, 11) is -3.80. The smallest absolute Gasteiger partial charge is 0.279 e. The van der Waals surface area contributed by atoms with E-state index in [0.717, 1.165) is 5.56 Å². The first-order valence-corrected chi connectivity index (χ1v) is 7.84. The Balaban J connectivity index is 2.42. The third-order valence-corrected chi connectivity index (χ3v) is 4.29. The van der Waals surface area contributed by atoms with Gasteiger partial charge in [-0.2, -0.15) is 8.42 Å². The van der Waals surface area contributed by atoms with E-state index in [1.54, 1.807) is 25.1 Å². The Hall–Kier alpha value is -2.35. The molecule has 1 heterocycles. The summed E-state index contributed by atoms with van der Waals surface area (Å²) in [5.74, 6) is 0.399. The summed E-state index contributed by atoms with van der Waals surface area (Å²) in [5.41, 5.74) is 6.90. The molecule has 1 aromatic heterocycles. The van der Waals surface area contributed by atoms with E-state index in [0.29, 0.717) is 17.8 Å². The van der Waals surface area contributed by atoms with Gasteiger partial charge in [0, 0.05) is 12.0 Å². The molecular formula is C13H17N5O2S. The Bertz CT molecular complexity index is 780. The molecule has 0 unspecified atom stereocenters. The fourth-order valence-corrected chi connectivity index (χ4v) is 2.98. The van der Waals surface area contributed by atoms with Crippen molar-refractivity contribution < 1.29 is 8.42 Å². The van der Waals surface area contributed by atoms with Crippen molar-refractivity contribution >= 4 is 21.5 Å². The summed E-state index contributed by atoms with van der Waals surface area (Å²) in [6.45, 7) is 3.64. The summed E-state index contributed by atoms with van der Waals surface area (Å²) in [6.07, 6.45) is 1.88. The fourth-order valence-electron chi connectivity index (χ4n) is 1.97. The van der Waals surface area contributed by atoms with Gasteiger partial charge in [0.05, 0.1) is 11.9 Å². The summed E-state index contributed by atoms with van der Waals surface area (Å²) >= 11 is 0. The zero-order valence-corrected chi connectivity index (χ0v) is 12.6. The highest BCUT2D eigenvalue weighted by Crippen LogP contribution is 2.22. The van der Waals surface area contributed by atoms with Crippen LogP contribution in [-0.4, -0.2) is 24.2 Å². The molecule has 0 radical (unpaired) electrons. The van der Waals surface area contributed by atoms with Gasteiger partial charge in [0.25, 0.3) is 10.0 Å². The van der Waals surface area contributed by atoms with Crippen molar-refractivity contribution in [2.75, 3.05) is 4.72 Å². The first-order chi connectivity index (χ1) is 9.85. The van der Waals surface area contributed by atoms with Gasteiger partial charge in [-0.05, 0) is 18.6 Å². The summed E-state index contributed by atoms with van der Waals surface area (Å²) in [5, 5.41) is 7.57. The van der Waals surface area contributed by atoms with Gasteiger partial charge < -0.3 is 10.7 Å². The van der Waals surface area contributed by atoms with E-state index in [1.165, 1.54) is 6.20 Å². The first kappa shape index (κ1) is 15.0. The number of benzene rings is 1. The van der Waals surface area contributed by atoms with Crippen molar-refractivity contribution in [3.05, 3.63) is 41.3 Å². The lowest BCUT2D eigenvalue weighted by atomic mass is 10.1. The van der Waals surface area contributed by atoms with Crippen LogP contribution in [0.25, 0.3) is 0 Å². The molecule has 0 atom stereocenters. The third kappa shape index (κ3) is 3.05. The molecule has 21 heavy (non-hydrogen) atoms. The number of aromatic amines is 1. The molecule has 112 valence electrons. The lowest BCUT2D eigenvalue weighted by Crippen LogP contribution is -2.20. The molecule has 1 aromatic carbocycles. The van der Waals surface area contributed by atoms with Gasteiger partial charge in [-0.1, -0.05) is 19.1 Å². The van der Waals surface area contributed by atoms with Crippen molar-refractivity contribution in [2.24, 2.45) is 5.73 Å². The second kappa shape index (κ2) is 5.57. The number of imidazole rings is 1. The molecule has 0 amide bonds. The van der Waals surface area contributed by atoms with Crippen LogP contribution in [0.1, 0.15) is 23.9 Å². The third-order valence-electron chi connectivity index (χ3n) is 3.02. The Morgan fingerprint density at radius 1 is 1.48 bits per heavy atom. The topological polar surface area (TPSA) is 125 Å². The second-order valence-electron chi connectivity index (χ2n) is 4.56. The molecule has 0 bridgehead atoms. The first-order valence-electron chi connectivity index (χ1n) is 6.36. The van der Waals surface area contributed by atoms with Crippen molar-refractivity contribution in [3.8, 4) is 0 Å². The average Bonchev–Trinajstić information content (AvgIpc) is 2.87. The average molecular weight is 307 g/mol. The van der Waals surface area contributed by atoms with E-state index in [2.05, 4.69) is 14.7 Å². The van der Waals surface area contributed by atoms with Gasteiger partial charge in [0.1, 0.15) is 11.7 Å². The molecule has 0 fully saturated rings. The normalized spacial score (nSPS) is 11.3. The zero-order valence-electron chi connectivity index (χ0n) is 11.8. The second-order valence-corrected chi connectivity index (χ2v) is 6.22. The van der Waals surface area contributed by atoms with Crippen LogP contribution in [0.2, 0.25) is 0 Å². The minimum atomic E-state index is -3.80. The highest BCUT2D eigenvalue weighted by atomic mass is 32.2. The quantitative estimate of drug-likeness (QED) is 0.491. The Morgan fingerprint density at radius 2 is 2.19 bits per heavy atom. The standard InChI is InChI=1S/C13H17N5O2S/c1-3-10-16-7-11(17-10)21(19,20)18-9-6-4-5-8(2)12(9)13(14)15/h4-7,18H,3H2,1-2H3,(H3,14,15)(H,16,17). The van der Waals surface area contributed by atoms with Crippen LogP contribution in [0.15, 0.2) is 29.4 Å². The number of amidine groups is 1. The monoisotopic (exact) mass is 307 g/mol. The number of H-pyrrole nitrogens is 1. The van der Waals surface area contributed by atoms with Crippen molar-refractivity contribution in [3.63, 3.8) is 0 Å². The molecular weight excluding hydrogens is 290 g/mol. The van der Waals surface area contributed by atoms with Crippen LogP contribution < -0.4 is 10.5 Å². The molecule has 2 rings (SSSR count). The number of sulfonamides is 1. The van der Waals surface area contributed by atoms with Crippen LogP contribution in [0.3, 0.4) is 0 Å². The molecule has 0 spiro atoms. The van der Waals surface area contributed by atoms with E-state index in [9.17, 15) is 8.42 Å². The van der Waals surface area contributed by atoms with Crippen molar-refractivity contribution in [1.29, 1.82) is 5.41 Å². The van der Waals surface area contributed by atoms with E-state index >= 15 is 0 Å². The number of anilines is 1.